The van der Waals surface area contributed by atoms with Crippen LogP contribution in [0.5, 0.6) is 0 Å². The van der Waals surface area contributed by atoms with Gasteiger partial charge in [-0.25, -0.2) is 4.39 Å². The highest BCUT2D eigenvalue weighted by Gasteiger charge is 2.20. The lowest BCUT2D eigenvalue weighted by Gasteiger charge is -2.22. The van der Waals surface area contributed by atoms with E-state index in [1.807, 2.05) is 0 Å². The molecule has 0 atom stereocenters. The standard InChI is InChI=1S/C13H15FN4O/c14-10-4-1-2-5-12(10)18(9-3-7-15)13(19)11-6-8-16-17-11/h1-2,4-6,8H,3,7,9,15H2,(H,16,17). The molecule has 0 unspecified atom stereocenters. The molecule has 6 heteroatoms. The molecule has 3 N–H and O–H groups in total. The minimum absolute atomic E-state index is 0.246. The average molecular weight is 262 g/mol. The number of H-pyrrole nitrogens is 1. The Kier molecular flexibility index (Phi) is 4.25. The Bertz CT molecular complexity index is 541. The largest absolute Gasteiger partial charge is 0.330 e. The lowest BCUT2D eigenvalue weighted by molar-refractivity contribution is 0.0981. The van der Waals surface area contributed by atoms with Gasteiger partial charge in [0.1, 0.15) is 11.5 Å². The zero-order valence-electron chi connectivity index (χ0n) is 10.3. The molecule has 0 saturated heterocycles. The first kappa shape index (κ1) is 13.2. The Hall–Kier alpha value is -2.21. The minimum Gasteiger partial charge on any atom is -0.330 e. The molecule has 0 aliphatic heterocycles. The summed E-state index contributed by atoms with van der Waals surface area (Å²) in [6.07, 6.45) is 2.07. The van der Waals surface area contributed by atoms with Crippen LogP contribution in [0.1, 0.15) is 16.9 Å². The maximum atomic E-state index is 13.8. The van der Waals surface area contributed by atoms with Crippen molar-refractivity contribution in [3.8, 4) is 0 Å². The van der Waals surface area contributed by atoms with E-state index in [4.69, 9.17) is 5.73 Å². The number of hydrogen-bond acceptors (Lipinski definition) is 3. The number of para-hydroxylation sites is 1. The number of rotatable bonds is 5. The number of nitrogens with two attached hydrogens (primary N) is 1. The van der Waals surface area contributed by atoms with Crippen LogP contribution in [0.15, 0.2) is 36.5 Å². The van der Waals surface area contributed by atoms with Crippen molar-refractivity contribution in [2.24, 2.45) is 5.73 Å². The molecule has 1 amide bonds. The summed E-state index contributed by atoms with van der Waals surface area (Å²) in [6, 6.07) is 7.72. The van der Waals surface area contributed by atoms with Crippen LogP contribution in [0.3, 0.4) is 0 Å². The molecule has 1 aromatic carbocycles. The van der Waals surface area contributed by atoms with E-state index in [1.165, 1.54) is 17.2 Å². The van der Waals surface area contributed by atoms with Crippen LogP contribution in [0.4, 0.5) is 10.1 Å². The van der Waals surface area contributed by atoms with Crippen molar-refractivity contribution in [3.05, 3.63) is 48.0 Å². The van der Waals surface area contributed by atoms with E-state index in [1.54, 1.807) is 24.3 Å². The fourth-order valence-corrected chi connectivity index (χ4v) is 1.77. The van der Waals surface area contributed by atoms with Gasteiger partial charge in [0, 0.05) is 12.7 Å². The quantitative estimate of drug-likeness (QED) is 0.858. The van der Waals surface area contributed by atoms with Gasteiger partial charge in [0.2, 0.25) is 0 Å². The second-order valence-electron chi connectivity index (χ2n) is 4.02. The summed E-state index contributed by atoms with van der Waals surface area (Å²) in [6.45, 7) is 0.788. The molecule has 0 radical (unpaired) electrons. The number of nitrogens with one attached hydrogen (secondary N) is 1. The van der Waals surface area contributed by atoms with Crippen molar-refractivity contribution in [1.29, 1.82) is 0 Å². The van der Waals surface area contributed by atoms with Crippen LogP contribution in [-0.2, 0) is 0 Å². The third-order valence-corrected chi connectivity index (χ3v) is 2.71. The zero-order valence-corrected chi connectivity index (χ0v) is 10.3. The Morgan fingerprint density at radius 3 is 2.79 bits per heavy atom. The van der Waals surface area contributed by atoms with Gasteiger partial charge in [0.25, 0.3) is 5.91 Å². The average Bonchev–Trinajstić information content (AvgIpc) is 2.94. The zero-order chi connectivity index (χ0) is 13.7. The lowest BCUT2D eigenvalue weighted by Crippen LogP contribution is -2.34. The van der Waals surface area contributed by atoms with E-state index in [-0.39, 0.29) is 11.6 Å². The van der Waals surface area contributed by atoms with Crippen LogP contribution in [0.2, 0.25) is 0 Å². The predicted octanol–water partition coefficient (Wildman–Crippen LogP) is 1.54. The number of halogens is 1. The number of hydrogen-bond donors (Lipinski definition) is 2. The minimum atomic E-state index is -0.438. The maximum Gasteiger partial charge on any atom is 0.276 e. The van der Waals surface area contributed by atoms with Gasteiger partial charge in [-0.15, -0.1) is 0 Å². The molecule has 0 fully saturated rings. The van der Waals surface area contributed by atoms with Crippen molar-refractivity contribution in [2.45, 2.75) is 6.42 Å². The van der Waals surface area contributed by atoms with Crippen LogP contribution in [0, 0.1) is 5.82 Å². The van der Waals surface area contributed by atoms with E-state index in [9.17, 15) is 9.18 Å². The van der Waals surface area contributed by atoms with Crippen molar-refractivity contribution < 1.29 is 9.18 Å². The summed E-state index contributed by atoms with van der Waals surface area (Å²) in [4.78, 5) is 13.7. The van der Waals surface area contributed by atoms with Gasteiger partial charge in [-0.05, 0) is 31.2 Å². The van der Waals surface area contributed by atoms with Gasteiger partial charge < -0.3 is 10.6 Å². The van der Waals surface area contributed by atoms with E-state index in [2.05, 4.69) is 10.2 Å². The molecule has 0 aliphatic rings. The van der Waals surface area contributed by atoms with Gasteiger partial charge in [-0.3, -0.25) is 9.89 Å². The SMILES string of the molecule is NCCCN(C(=O)c1ccn[nH]1)c1ccccc1F. The van der Waals surface area contributed by atoms with Gasteiger partial charge in [-0.1, -0.05) is 12.1 Å². The number of carbonyl (C=O) groups is 1. The van der Waals surface area contributed by atoms with Crippen molar-refractivity contribution in [1.82, 2.24) is 10.2 Å². The van der Waals surface area contributed by atoms with E-state index in [0.717, 1.165) is 0 Å². The Morgan fingerprint density at radius 2 is 2.16 bits per heavy atom. The summed E-state index contributed by atoms with van der Waals surface area (Å²) >= 11 is 0. The van der Waals surface area contributed by atoms with Crippen LogP contribution < -0.4 is 10.6 Å². The summed E-state index contributed by atoms with van der Waals surface area (Å²) in [5.74, 6) is -0.761. The van der Waals surface area contributed by atoms with Gasteiger partial charge in [-0.2, -0.15) is 5.10 Å². The molecule has 2 rings (SSSR count). The number of anilines is 1. The van der Waals surface area contributed by atoms with Crippen molar-refractivity contribution in [3.63, 3.8) is 0 Å². The van der Waals surface area contributed by atoms with Crippen LogP contribution >= 0.6 is 0 Å². The maximum absolute atomic E-state index is 13.8. The first-order valence-electron chi connectivity index (χ1n) is 6.00. The first-order chi connectivity index (χ1) is 9.24. The molecule has 0 bridgehead atoms. The Morgan fingerprint density at radius 1 is 1.37 bits per heavy atom. The van der Waals surface area contributed by atoms with Gasteiger partial charge >= 0.3 is 0 Å². The Labute approximate surface area is 110 Å². The molecule has 100 valence electrons. The summed E-state index contributed by atoms with van der Waals surface area (Å²) in [7, 11) is 0. The molecule has 5 nitrogen and oxygen atoms in total. The highest BCUT2D eigenvalue weighted by Crippen LogP contribution is 2.20. The molecule has 0 saturated carbocycles. The molecular weight excluding hydrogens is 247 g/mol. The molecule has 0 aliphatic carbocycles. The highest BCUT2D eigenvalue weighted by molar-refractivity contribution is 6.04. The molecule has 0 spiro atoms. The first-order valence-corrected chi connectivity index (χ1v) is 6.00. The molecule has 2 aromatic rings. The summed E-state index contributed by atoms with van der Waals surface area (Å²) < 4.78 is 13.8. The summed E-state index contributed by atoms with van der Waals surface area (Å²) in [5.41, 5.74) is 6.03. The lowest BCUT2D eigenvalue weighted by atomic mass is 10.2. The molecular formula is C13H15FN4O. The monoisotopic (exact) mass is 262 g/mol. The van der Waals surface area contributed by atoms with E-state index >= 15 is 0 Å². The third-order valence-electron chi connectivity index (χ3n) is 2.71. The van der Waals surface area contributed by atoms with E-state index < -0.39 is 5.82 Å². The van der Waals surface area contributed by atoms with Crippen LogP contribution in [-0.4, -0.2) is 29.2 Å². The van der Waals surface area contributed by atoms with Crippen LogP contribution in [0.25, 0.3) is 0 Å². The second-order valence-corrected chi connectivity index (χ2v) is 4.02. The second kappa shape index (κ2) is 6.10. The fourth-order valence-electron chi connectivity index (χ4n) is 1.77. The normalized spacial score (nSPS) is 10.4. The molecule has 1 heterocycles. The number of carbonyl (C=O) groups excluding carboxylic acids is 1. The molecule has 19 heavy (non-hydrogen) atoms. The van der Waals surface area contributed by atoms with E-state index in [0.29, 0.717) is 25.2 Å². The third kappa shape index (κ3) is 2.97. The number of nitrogens with zero attached hydrogens (tertiary/aromatic N) is 2. The smallest absolute Gasteiger partial charge is 0.276 e. The molecule has 1 aromatic heterocycles. The predicted molar refractivity (Wildman–Crippen MR) is 70.3 cm³/mol. The highest BCUT2D eigenvalue weighted by atomic mass is 19.1. The number of amides is 1. The van der Waals surface area contributed by atoms with Gasteiger partial charge in [0.05, 0.1) is 5.69 Å². The fraction of sp³-hybridized carbons (Fsp3) is 0.231. The van der Waals surface area contributed by atoms with Crippen molar-refractivity contribution >= 4 is 11.6 Å². The van der Waals surface area contributed by atoms with Crippen molar-refractivity contribution in [2.75, 3.05) is 18.0 Å². The number of aromatic amines is 1. The number of aromatic nitrogens is 2. The van der Waals surface area contributed by atoms with Gasteiger partial charge in [0.15, 0.2) is 0 Å². The topological polar surface area (TPSA) is 75.0 Å². The Balaban J connectivity index is 2.31. The summed E-state index contributed by atoms with van der Waals surface area (Å²) in [5, 5.41) is 6.32. The number of benzene rings is 1.